The lowest BCUT2D eigenvalue weighted by molar-refractivity contribution is -0.118. The number of aromatic nitrogens is 2. The van der Waals surface area contributed by atoms with Gasteiger partial charge in [0.2, 0.25) is 5.91 Å². The number of carbonyl (C=O) groups is 1. The maximum absolute atomic E-state index is 12.5. The zero-order valence-electron chi connectivity index (χ0n) is 18.0. The van der Waals surface area contributed by atoms with Crippen LogP contribution in [-0.4, -0.2) is 35.3 Å². The lowest BCUT2D eigenvalue weighted by atomic mass is 10.2. The summed E-state index contributed by atoms with van der Waals surface area (Å²) >= 11 is 1.42. The molecule has 2 aromatic heterocycles. The summed E-state index contributed by atoms with van der Waals surface area (Å²) < 4.78 is 12.5. The summed E-state index contributed by atoms with van der Waals surface area (Å²) in [6.07, 6.45) is 0. The van der Waals surface area contributed by atoms with Gasteiger partial charge in [-0.05, 0) is 48.4 Å². The van der Waals surface area contributed by atoms with Gasteiger partial charge in [0.05, 0.1) is 41.6 Å². The molecule has 0 aliphatic rings. The molecule has 2 aromatic carbocycles. The van der Waals surface area contributed by atoms with E-state index in [0.717, 1.165) is 27.2 Å². The fourth-order valence-electron chi connectivity index (χ4n) is 3.54. The monoisotopic (exact) mass is 446 g/mol. The standard InChI is InChI=1S/C24H22N4O3S/c1-15-10-23(28-19-7-5-4-6-18(19)27-24(28)17(15)12-25)32-14-22(29)26-13-16-8-9-20(30-2)21(11-16)31-3/h4-11H,13-14H2,1-3H3,(H,26,29). The third kappa shape index (κ3) is 4.07. The van der Waals surface area contributed by atoms with Crippen molar-refractivity contribution in [1.29, 1.82) is 5.26 Å². The Morgan fingerprint density at radius 3 is 2.69 bits per heavy atom. The highest BCUT2D eigenvalue weighted by molar-refractivity contribution is 7.99. The number of fused-ring (bicyclic) bond motifs is 3. The first-order valence-electron chi connectivity index (χ1n) is 9.97. The third-order valence-electron chi connectivity index (χ3n) is 5.14. The molecule has 0 radical (unpaired) electrons. The molecule has 0 saturated heterocycles. The molecule has 4 aromatic rings. The van der Waals surface area contributed by atoms with Crippen LogP contribution in [0.4, 0.5) is 0 Å². The fourth-order valence-corrected chi connectivity index (χ4v) is 4.50. The summed E-state index contributed by atoms with van der Waals surface area (Å²) in [5.41, 5.74) is 4.63. The van der Waals surface area contributed by atoms with E-state index in [-0.39, 0.29) is 11.7 Å². The summed E-state index contributed by atoms with van der Waals surface area (Å²) in [6, 6.07) is 17.5. The van der Waals surface area contributed by atoms with Gasteiger partial charge in [-0.2, -0.15) is 5.26 Å². The topological polar surface area (TPSA) is 88.6 Å². The number of nitrogens with one attached hydrogen (secondary N) is 1. The van der Waals surface area contributed by atoms with E-state index in [1.807, 2.05) is 59.9 Å². The third-order valence-corrected chi connectivity index (χ3v) is 6.14. The summed E-state index contributed by atoms with van der Waals surface area (Å²) in [5, 5.41) is 13.4. The second-order valence-corrected chi connectivity index (χ2v) is 8.16. The molecule has 0 aliphatic carbocycles. The molecule has 0 aliphatic heterocycles. The van der Waals surface area contributed by atoms with Gasteiger partial charge < -0.3 is 14.8 Å². The second-order valence-electron chi connectivity index (χ2n) is 7.17. The number of pyridine rings is 1. The lowest BCUT2D eigenvalue weighted by Crippen LogP contribution is -2.24. The molecule has 0 bridgehead atoms. The number of hydrogen-bond acceptors (Lipinski definition) is 6. The van der Waals surface area contributed by atoms with Crippen LogP contribution in [0.5, 0.6) is 11.5 Å². The molecule has 0 atom stereocenters. The van der Waals surface area contributed by atoms with Gasteiger partial charge in [0, 0.05) is 6.54 Å². The van der Waals surface area contributed by atoms with Crippen LogP contribution < -0.4 is 14.8 Å². The molecule has 1 N–H and O–H groups in total. The molecule has 1 amide bonds. The molecule has 2 heterocycles. The molecule has 162 valence electrons. The Kier molecular flexibility index (Phi) is 6.19. The maximum atomic E-state index is 12.5. The van der Waals surface area contributed by atoms with Crippen LogP contribution in [0.3, 0.4) is 0 Å². The summed E-state index contributed by atoms with van der Waals surface area (Å²) in [4.78, 5) is 17.2. The van der Waals surface area contributed by atoms with E-state index in [1.54, 1.807) is 14.2 Å². The van der Waals surface area contributed by atoms with E-state index in [4.69, 9.17) is 9.47 Å². The Bertz CT molecular complexity index is 1360. The van der Waals surface area contributed by atoms with Gasteiger partial charge >= 0.3 is 0 Å². The van der Waals surface area contributed by atoms with Crippen molar-refractivity contribution < 1.29 is 14.3 Å². The Morgan fingerprint density at radius 2 is 1.94 bits per heavy atom. The van der Waals surface area contributed by atoms with Gasteiger partial charge in [0.25, 0.3) is 0 Å². The number of para-hydroxylation sites is 2. The minimum atomic E-state index is -0.0932. The molecule has 4 rings (SSSR count). The molecular weight excluding hydrogens is 424 g/mol. The second kappa shape index (κ2) is 9.20. The lowest BCUT2D eigenvalue weighted by Gasteiger charge is -2.11. The van der Waals surface area contributed by atoms with E-state index in [2.05, 4.69) is 16.4 Å². The number of nitrogens with zero attached hydrogens (tertiary/aromatic N) is 3. The summed E-state index contributed by atoms with van der Waals surface area (Å²) in [7, 11) is 3.17. The highest BCUT2D eigenvalue weighted by atomic mass is 32.2. The molecule has 8 heteroatoms. The fraction of sp³-hybridized carbons (Fsp3) is 0.208. The Morgan fingerprint density at radius 1 is 1.16 bits per heavy atom. The SMILES string of the molecule is COc1ccc(CNC(=O)CSc2cc(C)c(C#N)c3nc4ccccc4n23)cc1OC. The quantitative estimate of drug-likeness (QED) is 0.430. The van der Waals surface area contributed by atoms with E-state index >= 15 is 0 Å². The van der Waals surface area contributed by atoms with Crippen molar-refractivity contribution in [2.24, 2.45) is 0 Å². The number of hydrogen-bond donors (Lipinski definition) is 1. The van der Waals surface area contributed by atoms with Crippen LogP contribution in [0.15, 0.2) is 53.6 Å². The first-order chi connectivity index (χ1) is 15.5. The number of amides is 1. The van der Waals surface area contributed by atoms with Crippen LogP contribution in [0, 0.1) is 18.3 Å². The van der Waals surface area contributed by atoms with E-state index in [9.17, 15) is 10.1 Å². The number of aryl methyl sites for hydroxylation is 1. The Balaban J connectivity index is 1.52. The van der Waals surface area contributed by atoms with Crippen molar-refractivity contribution >= 4 is 34.3 Å². The van der Waals surface area contributed by atoms with Crippen molar-refractivity contribution in [3.8, 4) is 17.6 Å². The number of thioether (sulfide) groups is 1. The average molecular weight is 447 g/mol. The van der Waals surface area contributed by atoms with E-state index in [1.165, 1.54) is 11.8 Å². The number of carbonyl (C=O) groups excluding carboxylic acids is 1. The van der Waals surface area contributed by atoms with Crippen molar-refractivity contribution in [2.75, 3.05) is 20.0 Å². The number of rotatable bonds is 7. The van der Waals surface area contributed by atoms with E-state index in [0.29, 0.717) is 29.3 Å². The van der Waals surface area contributed by atoms with Crippen LogP contribution in [0.1, 0.15) is 16.7 Å². The molecule has 32 heavy (non-hydrogen) atoms. The average Bonchev–Trinajstić information content (AvgIpc) is 3.20. The molecule has 0 unspecified atom stereocenters. The van der Waals surface area contributed by atoms with Crippen molar-refractivity contribution in [3.63, 3.8) is 0 Å². The number of benzene rings is 2. The Labute approximate surface area is 190 Å². The predicted molar refractivity (Wildman–Crippen MR) is 124 cm³/mol. The van der Waals surface area contributed by atoms with Crippen molar-refractivity contribution in [3.05, 3.63) is 65.2 Å². The van der Waals surface area contributed by atoms with Crippen molar-refractivity contribution in [1.82, 2.24) is 14.7 Å². The number of methoxy groups -OCH3 is 2. The predicted octanol–water partition coefficient (Wildman–Crippen LogP) is 4.09. The number of ether oxygens (including phenoxy) is 2. The zero-order chi connectivity index (χ0) is 22.7. The number of nitriles is 1. The minimum absolute atomic E-state index is 0.0932. The van der Waals surface area contributed by atoms with Crippen LogP contribution in [0.2, 0.25) is 0 Å². The highest BCUT2D eigenvalue weighted by Gasteiger charge is 2.16. The van der Waals surface area contributed by atoms with Crippen molar-refractivity contribution in [2.45, 2.75) is 18.5 Å². The molecule has 0 fully saturated rings. The molecule has 0 spiro atoms. The van der Waals surface area contributed by atoms with Crippen LogP contribution in [0.25, 0.3) is 16.7 Å². The van der Waals surface area contributed by atoms with E-state index < -0.39 is 0 Å². The molecular formula is C24H22N4O3S. The van der Waals surface area contributed by atoms with Gasteiger partial charge in [-0.25, -0.2) is 4.98 Å². The minimum Gasteiger partial charge on any atom is -0.493 e. The van der Waals surface area contributed by atoms with Gasteiger partial charge in [0.1, 0.15) is 6.07 Å². The van der Waals surface area contributed by atoms with Gasteiger partial charge in [0.15, 0.2) is 17.1 Å². The first-order valence-corrected chi connectivity index (χ1v) is 11.0. The number of imidazole rings is 1. The van der Waals surface area contributed by atoms with Gasteiger partial charge in [-0.3, -0.25) is 9.20 Å². The largest absolute Gasteiger partial charge is 0.493 e. The summed E-state index contributed by atoms with van der Waals surface area (Å²) in [6.45, 7) is 2.27. The van der Waals surface area contributed by atoms with Gasteiger partial charge in [-0.15, -0.1) is 0 Å². The van der Waals surface area contributed by atoms with Gasteiger partial charge in [-0.1, -0.05) is 30.0 Å². The normalized spacial score (nSPS) is 10.8. The zero-order valence-corrected chi connectivity index (χ0v) is 18.8. The molecule has 0 saturated carbocycles. The maximum Gasteiger partial charge on any atom is 0.230 e. The highest BCUT2D eigenvalue weighted by Crippen LogP contribution is 2.30. The van der Waals surface area contributed by atoms with Crippen LogP contribution >= 0.6 is 11.8 Å². The summed E-state index contributed by atoms with van der Waals surface area (Å²) in [5.74, 6) is 1.41. The molecule has 7 nitrogen and oxygen atoms in total. The first kappa shape index (κ1) is 21.5. The van der Waals surface area contributed by atoms with Crippen LogP contribution in [-0.2, 0) is 11.3 Å². The Hall–Kier alpha value is -3.70. The smallest absolute Gasteiger partial charge is 0.230 e.